The number of aromatic nitrogens is 2. The third kappa shape index (κ3) is 2.06. The van der Waals surface area contributed by atoms with Gasteiger partial charge in [-0.25, -0.2) is 4.79 Å². The fourth-order valence-electron chi connectivity index (χ4n) is 2.83. The van der Waals surface area contributed by atoms with Crippen LogP contribution in [-0.2, 0) is 14.1 Å². The lowest BCUT2D eigenvalue weighted by atomic mass is 9.85. The molecule has 24 heavy (non-hydrogen) atoms. The van der Waals surface area contributed by atoms with E-state index < -0.39 is 17.2 Å². The minimum absolute atomic E-state index is 0.00653. The van der Waals surface area contributed by atoms with Gasteiger partial charge in [-0.2, -0.15) is 5.26 Å². The molecule has 8 heteroatoms. The molecule has 3 N–H and O–H groups in total. The molecule has 8 nitrogen and oxygen atoms in total. The summed E-state index contributed by atoms with van der Waals surface area (Å²) in [5, 5.41) is 19.2. The minimum atomic E-state index is -0.837. The van der Waals surface area contributed by atoms with E-state index in [0.29, 0.717) is 5.56 Å². The van der Waals surface area contributed by atoms with E-state index in [0.717, 1.165) is 9.13 Å². The maximum absolute atomic E-state index is 12.7. The molecule has 1 aliphatic rings. The van der Waals surface area contributed by atoms with Gasteiger partial charge in [0.1, 0.15) is 17.4 Å². The zero-order chi connectivity index (χ0) is 17.6. The molecule has 2 heterocycles. The summed E-state index contributed by atoms with van der Waals surface area (Å²) in [6.07, 6.45) is 0. The zero-order valence-electron chi connectivity index (χ0n) is 13.0. The van der Waals surface area contributed by atoms with Gasteiger partial charge in [-0.05, 0) is 17.7 Å². The molecule has 0 spiro atoms. The summed E-state index contributed by atoms with van der Waals surface area (Å²) in [7, 11) is 2.79. The molecule has 0 amide bonds. The van der Waals surface area contributed by atoms with Crippen molar-refractivity contribution in [3.63, 3.8) is 0 Å². The highest BCUT2D eigenvalue weighted by Gasteiger charge is 2.35. The van der Waals surface area contributed by atoms with Crippen LogP contribution < -0.4 is 21.7 Å². The van der Waals surface area contributed by atoms with Crippen molar-refractivity contribution < 1.29 is 9.84 Å². The van der Waals surface area contributed by atoms with Crippen LogP contribution in [0.1, 0.15) is 17.0 Å². The Kier molecular flexibility index (Phi) is 3.41. The van der Waals surface area contributed by atoms with Crippen molar-refractivity contribution in [3.05, 3.63) is 67.7 Å². The van der Waals surface area contributed by atoms with Gasteiger partial charge in [-0.1, -0.05) is 12.1 Å². The lowest BCUT2D eigenvalue weighted by Gasteiger charge is -2.27. The Bertz CT molecular complexity index is 1040. The molecular formula is C16H14N4O4. The predicted octanol–water partition coefficient (Wildman–Crippen LogP) is 0.00778. The Morgan fingerprint density at radius 3 is 2.62 bits per heavy atom. The molecule has 0 radical (unpaired) electrons. The van der Waals surface area contributed by atoms with Gasteiger partial charge in [-0.3, -0.25) is 13.9 Å². The second-order valence-electron chi connectivity index (χ2n) is 5.44. The number of phenolic OH excluding ortho intramolecular Hbond substituents is 1. The molecule has 0 saturated heterocycles. The second-order valence-corrected chi connectivity index (χ2v) is 5.44. The number of ether oxygens (including phenoxy) is 1. The highest BCUT2D eigenvalue weighted by molar-refractivity contribution is 5.53. The van der Waals surface area contributed by atoms with Crippen molar-refractivity contribution in [1.29, 1.82) is 5.26 Å². The average molecular weight is 326 g/mol. The third-order valence-corrected chi connectivity index (χ3v) is 4.02. The maximum atomic E-state index is 12.7. The van der Waals surface area contributed by atoms with Gasteiger partial charge in [0.15, 0.2) is 0 Å². The van der Waals surface area contributed by atoms with Crippen molar-refractivity contribution in [2.24, 2.45) is 19.8 Å². The SMILES string of the molecule is Cn1c2c(c(=O)n(C)c1=O)[C@H](c1cccc(O)c1)C(C#N)=C(N)O2. The van der Waals surface area contributed by atoms with E-state index in [-0.39, 0.29) is 28.6 Å². The molecule has 0 bridgehead atoms. The van der Waals surface area contributed by atoms with Gasteiger partial charge < -0.3 is 15.6 Å². The number of aromatic hydroxyl groups is 1. The predicted molar refractivity (Wildman–Crippen MR) is 84.3 cm³/mol. The summed E-state index contributed by atoms with van der Waals surface area (Å²) < 4.78 is 7.49. The van der Waals surface area contributed by atoms with E-state index in [2.05, 4.69) is 0 Å². The molecule has 122 valence electrons. The van der Waals surface area contributed by atoms with Crippen LogP contribution in [0.4, 0.5) is 0 Å². The van der Waals surface area contributed by atoms with Gasteiger partial charge in [0.05, 0.1) is 11.5 Å². The van der Waals surface area contributed by atoms with E-state index in [1.807, 2.05) is 6.07 Å². The third-order valence-electron chi connectivity index (χ3n) is 4.02. The minimum Gasteiger partial charge on any atom is -0.508 e. The van der Waals surface area contributed by atoms with Crippen LogP contribution >= 0.6 is 0 Å². The number of hydrogen-bond acceptors (Lipinski definition) is 6. The van der Waals surface area contributed by atoms with E-state index in [1.165, 1.54) is 26.2 Å². The first-order chi connectivity index (χ1) is 11.4. The first kappa shape index (κ1) is 15.4. The second kappa shape index (κ2) is 5.31. The molecule has 0 saturated carbocycles. The summed E-state index contributed by atoms with van der Waals surface area (Å²) in [5.74, 6) is -1.04. The van der Waals surface area contributed by atoms with Crippen LogP contribution in [0.2, 0.25) is 0 Å². The number of allylic oxidation sites excluding steroid dienone is 1. The molecule has 1 atom stereocenters. The number of benzene rings is 1. The molecule has 3 rings (SSSR count). The van der Waals surface area contributed by atoms with Crippen LogP contribution in [0.5, 0.6) is 11.6 Å². The summed E-state index contributed by atoms with van der Waals surface area (Å²) in [6, 6.07) is 8.13. The Morgan fingerprint density at radius 2 is 2.00 bits per heavy atom. The fourth-order valence-corrected chi connectivity index (χ4v) is 2.83. The summed E-state index contributed by atoms with van der Waals surface area (Å²) in [6.45, 7) is 0. The first-order valence-corrected chi connectivity index (χ1v) is 7.03. The number of nitrogens with two attached hydrogens (primary N) is 1. The average Bonchev–Trinajstić information content (AvgIpc) is 2.57. The van der Waals surface area contributed by atoms with Crippen LogP contribution in [-0.4, -0.2) is 14.2 Å². The highest BCUT2D eigenvalue weighted by atomic mass is 16.5. The number of fused-ring (bicyclic) bond motifs is 1. The van der Waals surface area contributed by atoms with Crippen molar-refractivity contribution >= 4 is 0 Å². The lowest BCUT2D eigenvalue weighted by Crippen LogP contribution is -2.42. The summed E-state index contributed by atoms with van der Waals surface area (Å²) >= 11 is 0. The van der Waals surface area contributed by atoms with Crippen LogP contribution in [0.3, 0.4) is 0 Å². The largest absolute Gasteiger partial charge is 0.508 e. The van der Waals surface area contributed by atoms with E-state index in [4.69, 9.17) is 10.5 Å². The van der Waals surface area contributed by atoms with Gasteiger partial charge >= 0.3 is 5.69 Å². The Balaban J connectivity index is 2.44. The van der Waals surface area contributed by atoms with Crippen molar-refractivity contribution in [1.82, 2.24) is 9.13 Å². The van der Waals surface area contributed by atoms with Gasteiger partial charge in [0, 0.05) is 14.1 Å². The number of nitrogens with zero attached hydrogens (tertiary/aromatic N) is 3. The monoisotopic (exact) mass is 326 g/mol. The number of phenols is 1. The molecule has 0 unspecified atom stereocenters. The molecular weight excluding hydrogens is 312 g/mol. The molecule has 0 aliphatic carbocycles. The summed E-state index contributed by atoms with van der Waals surface area (Å²) in [4.78, 5) is 24.8. The Morgan fingerprint density at radius 1 is 1.29 bits per heavy atom. The maximum Gasteiger partial charge on any atom is 0.333 e. The van der Waals surface area contributed by atoms with Gasteiger partial charge in [-0.15, -0.1) is 0 Å². The molecule has 0 fully saturated rings. The molecule has 1 aromatic carbocycles. The van der Waals surface area contributed by atoms with E-state index >= 15 is 0 Å². The van der Waals surface area contributed by atoms with Crippen molar-refractivity contribution in [2.75, 3.05) is 0 Å². The first-order valence-electron chi connectivity index (χ1n) is 7.03. The number of nitriles is 1. The van der Waals surface area contributed by atoms with Crippen molar-refractivity contribution in [2.45, 2.75) is 5.92 Å². The fraction of sp³-hybridized carbons (Fsp3) is 0.188. The van der Waals surface area contributed by atoms with Crippen LogP contribution in [0.25, 0.3) is 0 Å². The normalized spacial score (nSPS) is 16.3. The van der Waals surface area contributed by atoms with E-state index in [1.54, 1.807) is 12.1 Å². The topological polar surface area (TPSA) is 123 Å². The molecule has 1 aromatic heterocycles. The highest BCUT2D eigenvalue weighted by Crippen LogP contribution is 2.39. The standard InChI is InChI=1S/C16H14N4O4/c1-19-14(22)12-11(8-4-3-5-9(21)6-8)10(7-17)13(18)24-15(12)20(2)16(19)23/h3-6,11,21H,18H2,1-2H3/t11-/m1/s1. The smallest absolute Gasteiger partial charge is 0.333 e. The van der Waals surface area contributed by atoms with Crippen LogP contribution in [0.15, 0.2) is 45.3 Å². The van der Waals surface area contributed by atoms with Gasteiger partial charge in [0.2, 0.25) is 11.8 Å². The quantitative estimate of drug-likeness (QED) is 0.761. The Hall–Kier alpha value is -3.47. The molecule has 2 aromatic rings. The molecule has 1 aliphatic heterocycles. The number of hydrogen-bond donors (Lipinski definition) is 2. The van der Waals surface area contributed by atoms with E-state index in [9.17, 15) is 20.0 Å². The van der Waals surface area contributed by atoms with Crippen molar-refractivity contribution in [3.8, 4) is 17.7 Å². The summed E-state index contributed by atoms with van der Waals surface area (Å²) in [5.41, 5.74) is 5.34. The number of rotatable bonds is 1. The van der Waals surface area contributed by atoms with Crippen LogP contribution in [0, 0.1) is 11.3 Å². The van der Waals surface area contributed by atoms with Gasteiger partial charge in [0.25, 0.3) is 5.56 Å². The zero-order valence-corrected chi connectivity index (χ0v) is 13.0. The lowest BCUT2D eigenvalue weighted by molar-refractivity contribution is 0.348. The Labute approximate surface area is 136 Å².